The van der Waals surface area contributed by atoms with Gasteiger partial charge in [-0.3, -0.25) is 0 Å². The van der Waals surface area contributed by atoms with Crippen LogP contribution in [0.25, 0.3) is 11.0 Å². The van der Waals surface area contributed by atoms with Gasteiger partial charge in [-0.15, -0.1) is 0 Å². The number of fused-ring (bicyclic) bond motifs is 1. The van der Waals surface area contributed by atoms with E-state index >= 15 is 0 Å². The maximum absolute atomic E-state index is 5.78. The van der Waals surface area contributed by atoms with Crippen LogP contribution in [0.15, 0.2) is 48.8 Å². The molecule has 0 spiro atoms. The molecule has 4 heteroatoms. The minimum atomic E-state index is 0.748. The number of anilines is 2. The number of hydrogen-bond acceptors (Lipinski definition) is 3. The topological polar surface area (TPSA) is 47.1 Å². The average Bonchev–Trinajstić information content (AvgIpc) is 2.81. The zero-order valence-electron chi connectivity index (χ0n) is 11.7. The lowest BCUT2D eigenvalue weighted by molar-refractivity contribution is 0.824. The van der Waals surface area contributed by atoms with Gasteiger partial charge >= 0.3 is 0 Å². The largest absolute Gasteiger partial charge is 0.399 e. The van der Waals surface area contributed by atoms with Crippen LogP contribution in [0, 0.1) is 0 Å². The van der Waals surface area contributed by atoms with Crippen molar-refractivity contribution in [1.29, 1.82) is 0 Å². The molecule has 3 aromatic rings. The van der Waals surface area contributed by atoms with E-state index in [1.165, 1.54) is 11.3 Å². The third kappa shape index (κ3) is 2.32. The minimum Gasteiger partial charge on any atom is -0.399 e. The van der Waals surface area contributed by atoms with E-state index in [1.54, 1.807) is 0 Å². The van der Waals surface area contributed by atoms with Crippen molar-refractivity contribution in [2.24, 2.45) is 0 Å². The van der Waals surface area contributed by atoms with E-state index in [1.807, 2.05) is 38.6 Å². The van der Waals surface area contributed by atoms with Crippen LogP contribution in [0.4, 0.5) is 11.4 Å². The molecule has 0 saturated carbocycles. The number of nitrogens with two attached hydrogens (primary N) is 1. The van der Waals surface area contributed by atoms with E-state index < -0.39 is 0 Å². The van der Waals surface area contributed by atoms with Gasteiger partial charge < -0.3 is 15.2 Å². The molecule has 0 radical (unpaired) electrons. The van der Waals surface area contributed by atoms with E-state index in [4.69, 9.17) is 5.73 Å². The lowest BCUT2D eigenvalue weighted by Gasteiger charge is -2.13. The Morgan fingerprint density at radius 1 is 1.10 bits per heavy atom. The molecule has 2 aromatic carbocycles. The Kier molecular flexibility index (Phi) is 3.06. The van der Waals surface area contributed by atoms with Crippen LogP contribution in [0.5, 0.6) is 0 Å². The van der Waals surface area contributed by atoms with Crippen molar-refractivity contribution in [1.82, 2.24) is 9.55 Å². The Morgan fingerprint density at radius 2 is 1.85 bits per heavy atom. The van der Waals surface area contributed by atoms with Crippen molar-refractivity contribution < 1.29 is 0 Å². The highest BCUT2D eigenvalue weighted by Crippen LogP contribution is 2.18. The van der Waals surface area contributed by atoms with Crippen molar-refractivity contribution in [2.45, 2.75) is 6.54 Å². The molecular weight excluding hydrogens is 248 g/mol. The molecule has 0 atom stereocenters. The zero-order chi connectivity index (χ0) is 14.1. The van der Waals surface area contributed by atoms with Gasteiger partial charge in [0.2, 0.25) is 0 Å². The van der Waals surface area contributed by atoms with Crippen LogP contribution in [0.2, 0.25) is 0 Å². The van der Waals surface area contributed by atoms with Gasteiger partial charge in [0.1, 0.15) is 0 Å². The van der Waals surface area contributed by atoms with Gasteiger partial charge in [0, 0.05) is 32.0 Å². The molecule has 0 aliphatic rings. The molecule has 20 heavy (non-hydrogen) atoms. The molecule has 0 bridgehead atoms. The maximum Gasteiger partial charge on any atom is 0.0961 e. The normalized spacial score (nSPS) is 10.9. The standard InChI is InChI=1S/C16H18N4/c1-19(2)14-6-3-12(4-7-14)10-20-11-18-15-9-13(17)5-8-16(15)20/h3-9,11H,10,17H2,1-2H3. The Hall–Kier alpha value is -2.49. The molecule has 0 fully saturated rings. The van der Waals surface area contributed by atoms with Gasteiger partial charge in [0.25, 0.3) is 0 Å². The molecular formula is C16H18N4. The first-order valence-corrected chi connectivity index (χ1v) is 6.60. The zero-order valence-corrected chi connectivity index (χ0v) is 11.7. The highest BCUT2D eigenvalue weighted by atomic mass is 15.1. The van der Waals surface area contributed by atoms with Gasteiger partial charge in [-0.2, -0.15) is 0 Å². The minimum absolute atomic E-state index is 0.748. The van der Waals surface area contributed by atoms with Gasteiger partial charge in [-0.05, 0) is 35.9 Å². The Morgan fingerprint density at radius 3 is 2.55 bits per heavy atom. The van der Waals surface area contributed by atoms with Crippen molar-refractivity contribution in [3.05, 3.63) is 54.4 Å². The van der Waals surface area contributed by atoms with Crippen LogP contribution < -0.4 is 10.6 Å². The molecule has 1 heterocycles. The fraction of sp³-hybridized carbons (Fsp3) is 0.188. The molecule has 4 nitrogen and oxygen atoms in total. The average molecular weight is 266 g/mol. The smallest absolute Gasteiger partial charge is 0.0961 e. The molecule has 0 saturated heterocycles. The number of benzene rings is 2. The molecule has 0 amide bonds. The summed E-state index contributed by atoms with van der Waals surface area (Å²) in [4.78, 5) is 6.49. The van der Waals surface area contributed by atoms with Gasteiger partial charge in [0.05, 0.1) is 17.4 Å². The van der Waals surface area contributed by atoms with Crippen molar-refractivity contribution >= 4 is 22.4 Å². The van der Waals surface area contributed by atoms with Crippen LogP contribution in [-0.2, 0) is 6.54 Å². The number of nitrogens with zero attached hydrogens (tertiary/aromatic N) is 3. The second kappa shape index (κ2) is 4.89. The number of imidazole rings is 1. The quantitative estimate of drug-likeness (QED) is 0.741. The first kappa shape index (κ1) is 12.5. The Labute approximate surface area is 118 Å². The highest BCUT2D eigenvalue weighted by molar-refractivity contribution is 5.79. The van der Waals surface area contributed by atoms with Crippen molar-refractivity contribution in [3.63, 3.8) is 0 Å². The van der Waals surface area contributed by atoms with E-state index in [0.29, 0.717) is 0 Å². The SMILES string of the molecule is CN(C)c1ccc(Cn2cnc3cc(N)ccc32)cc1. The van der Waals surface area contributed by atoms with Crippen LogP contribution in [-0.4, -0.2) is 23.6 Å². The molecule has 1 aromatic heterocycles. The monoisotopic (exact) mass is 266 g/mol. The third-order valence-corrected chi connectivity index (χ3v) is 3.45. The molecule has 3 rings (SSSR count). The van der Waals surface area contributed by atoms with E-state index in [2.05, 4.69) is 38.7 Å². The van der Waals surface area contributed by atoms with E-state index in [0.717, 1.165) is 23.3 Å². The first-order chi connectivity index (χ1) is 9.63. The first-order valence-electron chi connectivity index (χ1n) is 6.60. The summed E-state index contributed by atoms with van der Waals surface area (Å²) in [6, 6.07) is 14.4. The summed E-state index contributed by atoms with van der Waals surface area (Å²) in [5, 5.41) is 0. The second-order valence-corrected chi connectivity index (χ2v) is 5.18. The third-order valence-electron chi connectivity index (χ3n) is 3.45. The second-order valence-electron chi connectivity index (χ2n) is 5.18. The molecule has 2 N–H and O–H groups in total. The summed E-state index contributed by atoms with van der Waals surface area (Å²) in [6.07, 6.45) is 1.87. The number of nitrogen functional groups attached to an aromatic ring is 1. The van der Waals surface area contributed by atoms with Gasteiger partial charge in [-0.1, -0.05) is 12.1 Å². The Bertz CT molecular complexity index is 726. The van der Waals surface area contributed by atoms with Crippen LogP contribution in [0.3, 0.4) is 0 Å². The number of rotatable bonds is 3. The number of hydrogen-bond donors (Lipinski definition) is 1. The molecule has 0 aliphatic carbocycles. The van der Waals surface area contributed by atoms with E-state index in [9.17, 15) is 0 Å². The fourth-order valence-electron chi connectivity index (χ4n) is 2.30. The summed E-state index contributed by atoms with van der Waals surface area (Å²) >= 11 is 0. The summed E-state index contributed by atoms with van der Waals surface area (Å²) in [7, 11) is 4.09. The fourth-order valence-corrected chi connectivity index (χ4v) is 2.30. The van der Waals surface area contributed by atoms with Crippen molar-refractivity contribution in [3.8, 4) is 0 Å². The number of aromatic nitrogens is 2. The van der Waals surface area contributed by atoms with Crippen molar-refractivity contribution in [2.75, 3.05) is 24.7 Å². The lowest BCUT2D eigenvalue weighted by Crippen LogP contribution is -2.08. The molecule has 0 unspecified atom stereocenters. The predicted molar refractivity (Wildman–Crippen MR) is 84.0 cm³/mol. The van der Waals surface area contributed by atoms with Gasteiger partial charge in [0.15, 0.2) is 0 Å². The lowest BCUT2D eigenvalue weighted by atomic mass is 10.2. The summed E-state index contributed by atoms with van der Waals surface area (Å²) in [5.41, 5.74) is 11.0. The van der Waals surface area contributed by atoms with Gasteiger partial charge in [-0.25, -0.2) is 4.98 Å². The Balaban J connectivity index is 1.89. The molecule has 0 aliphatic heterocycles. The van der Waals surface area contributed by atoms with Crippen LogP contribution >= 0.6 is 0 Å². The summed E-state index contributed by atoms with van der Waals surface area (Å²) in [6.45, 7) is 0.814. The molecule has 102 valence electrons. The summed E-state index contributed by atoms with van der Waals surface area (Å²) in [5.74, 6) is 0. The van der Waals surface area contributed by atoms with E-state index in [-0.39, 0.29) is 0 Å². The van der Waals surface area contributed by atoms with Crippen LogP contribution in [0.1, 0.15) is 5.56 Å². The predicted octanol–water partition coefficient (Wildman–Crippen LogP) is 2.73. The highest BCUT2D eigenvalue weighted by Gasteiger charge is 2.04. The maximum atomic E-state index is 5.78. The summed E-state index contributed by atoms with van der Waals surface area (Å²) < 4.78 is 2.14.